The minimum Gasteiger partial charge on any atom is -0.344 e. The molecular weight excluding hydrogens is 240 g/mol. The van der Waals surface area contributed by atoms with Gasteiger partial charge in [-0.3, -0.25) is 0 Å². The second-order valence-electron chi connectivity index (χ2n) is 8.14. The normalized spacial score (nSPS) is 32.6. The summed E-state index contributed by atoms with van der Waals surface area (Å²) in [6.07, 6.45) is 1.22. The molecule has 1 aliphatic heterocycles. The van der Waals surface area contributed by atoms with Gasteiger partial charge in [0.15, 0.2) is 5.79 Å². The number of ether oxygens (including phenoxy) is 2. The summed E-state index contributed by atoms with van der Waals surface area (Å²) in [4.78, 5) is 11.2. The lowest BCUT2D eigenvalue weighted by molar-refractivity contribution is -0.179. The molecule has 0 aromatic heterocycles. The van der Waals surface area contributed by atoms with Crippen LogP contribution in [0.1, 0.15) is 68.2 Å². The quantitative estimate of drug-likeness (QED) is 0.779. The van der Waals surface area contributed by atoms with Crippen LogP contribution in [0, 0.1) is 10.8 Å². The monoisotopic (exact) mass is 270 g/mol. The molecule has 1 heterocycles. The molecule has 0 spiro atoms. The molecule has 0 radical (unpaired) electrons. The fourth-order valence-electron chi connectivity index (χ4n) is 2.47. The van der Waals surface area contributed by atoms with Crippen LogP contribution in [0.5, 0.6) is 0 Å². The summed E-state index contributed by atoms with van der Waals surface area (Å²) in [5.41, 5.74) is 0.0395. The zero-order valence-electron chi connectivity index (χ0n) is 13.8. The molecule has 3 heteroatoms. The minimum absolute atomic E-state index is 0.0198. The molecule has 1 fully saturated rings. The lowest BCUT2D eigenvalue weighted by Gasteiger charge is -2.36. The van der Waals surface area contributed by atoms with Crippen LogP contribution in [-0.2, 0) is 14.3 Å². The van der Waals surface area contributed by atoms with E-state index in [9.17, 15) is 4.79 Å². The molecule has 2 atom stereocenters. The molecule has 0 aliphatic carbocycles. The van der Waals surface area contributed by atoms with Gasteiger partial charge in [0, 0.05) is 12.8 Å². The molecule has 0 amide bonds. The first-order chi connectivity index (χ1) is 8.35. The lowest BCUT2D eigenvalue weighted by Crippen LogP contribution is -2.42. The van der Waals surface area contributed by atoms with Crippen LogP contribution in [-0.4, -0.2) is 23.8 Å². The molecule has 0 bridgehead atoms. The number of carbonyl (C=O) groups excluding carboxylic acids is 1. The van der Waals surface area contributed by atoms with E-state index in [4.69, 9.17) is 9.47 Å². The van der Waals surface area contributed by atoms with Crippen LogP contribution in [0.15, 0.2) is 0 Å². The molecule has 1 saturated heterocycles. The van der Waals surface area contributed by atoms with Gasteiger partial charge in [0.25, 0.3) is 0 Å². The Hall–Kier alpha value is -0.410. The van der Waals surface area contributed by atoms with E-state index in [0.717, 1.165) is 0 Å². The Morgan fingerprint density at radius 1 is 1.00 bits per heavy atom. The van der Waals surface area contributed by atoms with E-state index in [2.05, 4.69) is 41.5 Å². The maximum atomic E-state index is 11.2. The first-order valence-corrected chi connectivity index (χ1v) is 7.20. The highest BCUT2D eigenvalue weighted by molar-refractivity contribution is 5.75. The third-order valence-corrected chi connectivity index (χ3v) is 3.67. The topological polar surface area (TPSA) is 35.5 Å². The van der Waals surface area contributed by atoms with E-state index in [0.29, 0.717) is 12.8 Å². The molecular formula is C16H30O3. The van der Waals surface area contributed by atoms with Crippen molar-refractivity contribution in [3.8, 4) is 0 Å². The summed E-state index contributed by atoms with van der Waals surface area (Å²) in [6, 6.07) is 0. The summed E-state index contributed by atoms with van der Waals surface area (Å²) in [7, 11) is 0. The smallest absolute Gasteiger partial charge is 0.167 e. The maximum Gasteiger partial charge on any atom is 0.167 e. The first kappa shape index (κ1) is 16.6. The average Bonchev–Trinajstić information content (AvgIpc) is 2.54. The Morgan fingerprint density at radius 2 is 1.37 bits per heavy atom. The average molecular weight is 270 g/mol. The van der Waals surface area contributed by atoms with Crippen molar-refractivity contribution in [1.29, 1.82) is 0 Å². The van der Waals surface area contributed by atoms with E-state index in [1.165, 1.54) is 0 Å². The highest BCUT2D eigenvalue weighted by atomic mass is 16.8. The van der Waals surface area contributed by atoms with Gasteiger partial charge in [0.1, 0.15) is 5.78 Å². The van der Waals surface area contributed by atoms with Crippen molar-refractivity contribution in [3.05, 3.63) is 0 Å². The Balaban J connectivity index is 2.91. The summed E-state index contributed by atoms with van der Waals surface area (Å²) < 4.78 is 12.5. The van der Waals surface area contributed by atoms with Crippen molar-refractivity contribution in [1.82, 2.24) is 0 Å². The molecule has 2 unspecified atom stereocenters. The van der Waals surface area contributed by atoms with Gasteiger partial charge in [0.05, 0.1) is 12.2 Å². The number of carbonyl (C=O) groups is 1. The van der Waals surface area contributed by atoms with Gasteiger partial charge in [-0.1, -0.05) is 41.5 Å². The number of hydrogen-bond donors (Lipinski definition) is 0. The number of Topliss-reactive ketones (excluding diaryl/α,β-unsaturated/α-hetero) is 1. The number of rotatable bonds is 3. The summed E-state index contributed by atoms with van der Waals surface area (Å²) >= 11 is 0. The number of ketones is 1. The van der Waals surface area contributed by atoms with Gasteiger partial charge >= 0.3 is 0 Å². The molecule has 0 aromatic rings. The van der Waals surface area contributed by atoms with E-state index in [1.807, 2.05) is 6.92 Å². The van der Waals surface area contributed by atoms with Crippen molar-refractivity contribution < 1.29 is 14.3 Å². The Morgan fingerprint density at radius 3 is 1.63 bits per heavy atom. The van der Waals surface area contributed by atoms with Crippen LogP contribution in [0.2, 0.25) is 0 Å². The predicted octanol–water partition coefficient (Wildman–Crippen LogP) is 3.95. The van der Waals surface area contributed by atoms with Crippen molar-refractivity contribution in [2.75, 3.05) is 0 Å². The Labute approximate surface area is 118 Å². The Kier molecular flexibility index (Phi) is 4.53. The zero-order chi connectivity index (χ0) is 15.1. The van der Waals surface area contributed by atoms with Gasteiger partial charge in [0.2, 0.25) is 0 Å². The van der Waals surface area contributed by atoms with E-state index < -0.39 is 5.79 Å². The predicted molar refractivity (Wildman–Crippen MR) is 77.0 cm³/mol. The third-order valence-electron chi connectivity index (χ3n) is 3.67. The van der Waals surface area contributed by atoms with Crippen molar-refractivity contribution in [3.63, 3.8) is 0 Å². The number of hydrogen-bond acceptors (Lipinski definition) is 3. The second kappa shape index (κ2) is 5.17. The van der Waals surface area contributed by atoms with Crippen LogP contribution < -0.4 is 0 Å². The summed E-state index contributed by atoms with van der Waals surface area (Å²) in [6.45, 7) is 16.6. The fourth-order valence-corrected chi connectivity index (χ4v) is 2.47. The summed E-state index contributed by atoms with van der Waals surface area (Å²) in [5.74, 6) is -0.457. The van der Waals surface area contributed by atoms with Crippen molar-refractivity contribution in [2.45, 2.75) is 86.2 Å². The Bertz CT molecular complexity index is 311. The van der Waals surface area contributed by atoms with Crippen LogP contribution in [0.25, 0.3) is 0 Å². The highest BCUT2D eigenvalue weighted by Gasteiger charge is 2.52. The van der Waals surface area contributed by atoms with E-state index in [-0.39, 0.29) is 28.8 Å². The first-order valence-electron chi connectivity index (χ1n) is 7.20. The maximum absolute atomic E-state index is 11.2. The minimum atomic E-state index is -0.637. The molecule has 0 saturated carbocycles. The van der Waals surface area contributed by atoms with Gasteiger partial charge < -0.3 is 14.3 Å². The van der Waals surface area contributed by atoms with Crippen molar-refractivity contribution in [2.24, 2.45) is 10.8 Å². The molecule has 0 N–H and O–H groups in total. The van der Waals surface area contributed by atoms with Gasteiger partial charge in [-0.25, -0.2) is 0 Å². The molecule has 1 rings (SSSR count). The van der Waals surface area contributed by atoms with Crippen LogP contribution in [0.4, 0.5) is 0 Å². The fraction of sp³-hybridized carbons (Fsp3) is 0.938. The largest absolute Gasteiger partial charge is 0.344 e. The molecule has 1 aliphatic rings. The molecule has 3 nitrogen and oxygen atoms in total. The molecule has 112 valence electrons. The highest BCUT2D eigenvalue weighted by Crippen LogP contribution is 2.45. The van der Waals surface area contributed by atoms with Gasteiger partial charge in [-0.05, 0) is 24.7 Å². The second-order valence-corrected chi connectivity index (χ2v) is 8.14. The standard InChI is InChI=1S/C16H30O3/c1-11(17)9-10-16(8)18-12(14(2,3)4)13(19-16)15(5,6)7/h12-13H,9-10H2,1-8H3. The van der Waals surface area contributed by atoms with E-state index >= 15 is 0 Å². The lowest BCUT2D eigenvalue weighted by atomic mass is 9.76. The van der Waals surface area contributed by atoms with Crippen LogP contribution in [0.3, 0.4) is 0 Å². The summed E-state index contributed by atoms with van der Waals surface area (Å²) in [5, 5.41) is 0. The molecule has 19 heavy (non-hydrogen) atoms. The van der Waals surface area contributed by atoms with Gasteiger partial charge in [-0.15, -0.1) is 0 Å². The van der Waals surface area contributed by atoms with E-state index in [1.54, 1.807) is 6.92 Å². The third kappa shape index (κ3) is 4.28. The zero-order valence-corrected chi connectivity index (χ0v) is 13.8. The molecule has 0 aromatic carbocycles. The SMILES string of the molecule is CC(=O)CCC1(C)OC(C(C)(C)C)C(C(C)(C)C)O1. The van der Waals surface area contributed by atoms with Gasteiger partial charge in [-0.2, -0.15) is 0 Å². The van der Waals surface area contributed by atoms with Crippen molar-refractivity contribution >= 4 is 5.78 Å². The van der Waals surface area contributed by atoms with Crippen LogP contribution >= 0.6 is 0 Å².